The van der Waals surface area contributed by atoms with E-state index in [0.717, 1.165) is 31.2 Å². The van der Waals surface area contributed by atoms with Crippen molar-refractivity contribution in [2.24, 2.45) is 10.4 Å². The van der Waals surface area contributed by atoms with Crippen LogP contribution in [0.4, 0.5) is 0 Å². The Bertz CT molecular complexity index is 435. The predicted octanol–water partition coefficient (Wildman–Crippen LogP) is 2.76. The van der Waals surface area contributed by atoms with Crippen LogP contribution in [0.3, 0.4) is 0 Å². The van der Waals surface area contributed by atoms with Crippen molar-refractivity contribution in [3.8, 4) is 0 Å². The second-order valence-corrected chi connectivity index (χ2v) is 5.98. The van der Waals surface area contributed by atoms with Gasteiger partial charge in [-0.3, -0.25) is 9.98 Å². The topological polar surface area (TPSA) is 49.3 Å². The zero-order valence-electron chi connectivity index (χ0n) is 13.4. The maximum absolute atomic E-state index is 4.33. The van der Waals surface area contributed by atoms with Gasteiger partial charge < -0.3 is 10.6 Å². The molecule has 0 aromatic carbocycles. The van der Waals surface area contributed by atoms with Gasteiger partial charge in [0, 0.05) is 38.4 Å². The van der Waals surface area contributed by atoms with E-state index in [1.807, 2.05) is 25.4 Å². The summed E-state index contributed by atoms with van der Waals surface area (Å²) in [7, 11) is 1.84. The molecule has 1 heterocycles. The van der Waals surface area contributed by atoms with Crippen LogP contribution in [0.1, 0.15) is 44.7 Å². The van der Waals surface area contributed by atoms with Gasteiger partial charge in [0.15, 0.2) is 5.96 Å². The summed E-state index contributed by atoms with van der Waals surface area (Å²) in [6.45, 7) is 4.20. The number of guanidine groups is 1. The van der Waals surface area contributed by atoms with Gasteiger partial charge in [0.25, 0.3) is 0 Å². The largest absolute Gasteiger partial charge is 0.356 e. The molecule has 0 atom stereocenters. The van der Waals surface area contributed by atoms with Crippen molar-refractivity contribution in [1.29, 1.82) is 0 Å². The first-order chi connectivity index (χ1) is 10.3. The van der Waals surface area contributed by atoms with E-state index in [1.54, 1.807) is 0 Å². The number of nitrogens with one attached hydrogen (secondary N) is 2. The SMILES string of the molecule is CCC1(CNC(=NC)NCCc2ccccn2)CCCC1. The summed E-state index contributed by atoms with van der Waals surface area (Å²) in [5.41, 5.74) is 1.60. The first-order valence-corrected chi connectivity index (χ1v) is 8.12. The molecule has 0 unspecified atom stereocenters. The van der Waals surface area contributed by atoms with E-state index in [-0.39, 0.29) is 0 Å². The van der Waals surface area contributed by atoms with Gasteiger partial charge in [0.1, 0.15) is 0 Å². The van der Waals surface area contributed by atoms with Gasteiger partial charge in [0.05, 0.1) is 0 Å². The van der Waals surface area contributed by atoms with Crippen LogP contribution in [0, 0.1) is 5.41 Å². The molecule has 0 saturated heterocycles. The Labute approximate surface area is 128 Å². The molecule has 4 nitrogen and oxygen atoms in total. The summed E-state index contributed by atoms with van der Waals surface area (Å²) in [4.78, 5) is 8.65. The van der Waals surface area contributed by atoms with E-state index in [4.69, 9.17) is 0 Å². The lowest BCUT2D eigenvalue weighted by Crippen LogP contribution is -2.43. The lowest BCUT2D eigenvalue weighted by molar-refractivity contribution is 0.283. The second kappa shape index (κ2) is 8.01. The van der Waals surface area contributed by atoms with E-state index < -0.39 is 0 Å². The van der Waals surface area contributed by atoms with E-state index >= 15 is 0 Å². The van der Waals surface area contributed by atoms with Gasteiger partial charge in [0.2, 0.25) is 0 Å². The fourth-order valence-electron chi connectivity index (χ4n) is 3.13. The number of nitrogens with zero attached hydrogens (tertiary/aromatic N) is 2. The maximum Gasteiger partial charge on any atom is 0.191 e. The molecule has 1 aliphatic carbocycles. The van der Waals surface area contributed by atoms with E-state index in [9.17, 15) is 0 Å². The average Bonchev–Trinajstić information content (AvgIpc) is 3.01. The highest BCUT2D eigenvalue weighted by Crippen LogP contribution is 2.40. The van der Waals surface area contributed by atoms with Crippen LogP contribution in [-0.2, 0) is 6.42 Å². The molecule has 0 aliphatic heterocycles. The Morgan fingerprint density at radius 3 is 2.71 bits per heavy atom. The molecule has 4 heteroatoms. The fraction of sp³-hybridized carbons (Fsp3) is 0.647. The van der Waals surface area contributed by atoms with Crippen molar-refractivity contribution in [1.82, 2.24) is 15.6 Å². The van der Waals surface area contributed by atoms with Gasteiger partial charge in [-0.1, -0.05) is 25.8 Å². The minimum absolute atomic E-state index is 0.485. The van der Waals surface area contributed by atoms with Crippen LogP contribution >= 0.6 is 0 Å². The molecule has 1 aliphatic rings. The van der Waals surface area contributed by atoms with Crippen molar-refractivity contribution < 1.29 is 0 Å². The Balaban J connectivity index is 1.73. The minimum atomic E-state index is 0.485. The highest BCUT2D eigenvalue weighted by atomic mass is 15.2. The van der Waals surface area contributed by atoms with Gasteiger partial charge in [-0.2, -0.15) is 0 Å². The first-order valence-electron chi connectivity index (χ1n) is 8.12. The average molecular weight is 288 g/mol. The van der Waals surface area contributed by atoms with Crippen LogP contribution in [0.15, 0.2) is 29.4 Å². The molecule has 1 saturated carbocycles. The van der Waals surface area contributed by atoms with Gasteiger partial charge in [-0.25, -0.2) is 0 Å². The van der Waals surface area contributed by atoms with E-state index in [0.29, 0.717) is 5.41 Å². The van der Waals surface area contributed by atoms with E-state index in [2.05, 4.69) is 33.6 Å². The molecule has 1 fully saturated rings. The smallest absolute Gasteiger partial charge is 0.191 e. The molecule has 0 bridgehead atoms. The number of aliphatic imine (C=N–C) groups is 1. The summed E-state index contributed by atoms with van der Waals surface area (Å²) in [5.74, 6) is 0.908. The third kappa shape index (κ3) is 4.73. The molecule has 2 rings (SSSR count). The zero-order valence-corrected chi connectivity index (χ0v) is 13.4. The minimum Gasteiger partial charge on any atom is -0.356 e. The zero-order chi connectivity index (χ0) is 15.0. The summed E-state index contributed by atoms with van der Waals surface area (Å²) < 4.78 is 0. The molecule has 21 heavy (non-hydrogen) atoms. The summed E-state index contributed by atoms with van der Waals surface area (Å²) >= 11 is 0. The third-order valence-corrected chi connectivity index (χ3v) is 4.67. The first kappa shape index (κ1) is 15.8. The number of hydrogen-bond acceptors (Lipinski definition) is 2. The van der Waals surface area contributed by atoms with Crippen LogP contribution in [0.2, 0.25) is 0 Å². The maximum atomic E-state index is 4.33. The number of hydrogen-bond donors (Lipinski definition) is 2. The molecule has 0 radical (unpaired) electrons. The number of rotatable bonds is 6. The number of pyridine rings is 1. The molecule has 0 amide bonds. The standard InChI is InChI=1S/C17H28N4/c1-3-17(10-5-6-11-17)14-21-16(18-2)20-13-9-15-8-4-7-12-19-15/h4,7-8,12H,3,5-6,9-11,13-14H2,1-2H3,(H2,18,20,21). The molecule has 116 valence electrons. The van der Waals surface area contributed by atoms with Gasteiger partial charge in [-0.05, 0) is 36.8 Å². The lowest BCUT2D eigenvalue weighted by Gasteiger charge is -2.28. The summed E-state index contributed by atoms with van der Waals surface area (Å²) in [6.07, 6.45) is 9.46. The fourth-order valence-corrected chi connectivity index (χ4v) is 3.13. The lowest BCUT2D eigenvalue weighted by atomic mass is 9.83. The van der Waals surface area contributed by atoms with Crippen LogP contribution in [0.25, 0.3) is 0 Å². The highest BCUT2D eigenvalue weighted by molar-refractivity contribution is 5.79. The Morgan fingerprint density at radius 2 is 2.10 bits per heavy atom. The third-order valence-electron chi connectivity index (χ3n) is 4.67. The van der Waals surface area contributed by atoms with Crippen molar-refractivity contribution in [2.75, 3.05) is 20.1 Å². The van der Waals surface area contributed by atoms with Gasteiger partial charge >= 0.3 is 0 Å². The summed E-state index contributed by atoms with van der Waals surface area (Å²) in [5, 5.41) is 6.89. The van der Waals surface area contributed by atoms with Crippen molar-refractivity contribution in [3.05, 3.63) is 30.1 Å². The molecular formula is C17H28N4. The van der Waals surface area contributed by atoms with Crippen LogP contribution in [0.5, 0.6) is 0 Å². The molecular weight excluding hydrogens is 260 g/mol. The second-order valence-electron chi connectivity index (χ2n) is 5.98. The monoisotopic (exact) mass is 288 g/mol. The quantitative estimate of drug-likeness (QED) is 0.625. The normalized spacial score (nSPS) is 17.7. The van der Waals surface area contributed by atoms with Crippen LogP contribution in [-0.4, -0.2) is 31.1 Å². The number of aromatic nitrogens is 1. The Kier molecular flexibility index (Phi) is 6.03. The van der Waals surface area contributed by atoms with Gasteiger partial charge in [-0.15, -0.1) is 0 Å². The molecule has 2 N–H and O–H groups in total. The van der Waals surface area contributed by atoms with Crippen molar-refractivity contribution in [3.63, 3.8) is 0 Å². The van der Waals surface area contributed by atoms with E-state index in [1.165, 1.54) is 32.1 Å². The predicted molar refractivity (Wildman–Crippen MR) is 88.5 cm³/mol. The Morgan fingerprint density at radius 1 is 1.29 bits per heavy atom. The van der Waals surface area contributed by atoms with Crippen molar-refractivity contribution >= 4 is 5.96 Å². The molecule has 0 spiro atoms. The molecule has 1 aromatic rings. The van der Waals surface area contributed by atoms with Crippen LogP contribution < -0.4 is 10.6 Å². The Hall–Kier alpha value is -1.58. The summed E-state index contributed by atoms with van der Waals surface area (Å²) in [6, 6.07) is 6.03. The highest BCUT2D eigenvalue weighted by Gasteiger charge is 2.31. The van der Waals surface area contributed by atoms with Crippen molar-refractivity contribution in [2.45, 2.75) is 45.4 Å². The molecule has 1 aromatic heterocycles.